The van der Waals surface area contributed by atoms with Crippen LogP contribution >= 0.6 is 0 Å². The van der Waals surface area contributed by atoms with Crippen LogP contribution in [0.1, 0.15) is 34.5 Å². The first-order chi connectivity index (χ1) is 13.6. The molecule has 4 rings (SSSR count). The average Bonchev–Trinajstić information content (AvgIpc) is 2.73. The highest BCUT2D eigenvalue weighted by Crippen LogP contribution is 2.26. The Kier molecular flexibility index (Phi) is 4.90. The lowest BCUT2D eigenvalue weighted by Gasteiger charge is -2.16. The highest BCUT2D eigenvalue weighted by Gasteiger charge is 2.16. The van der Waals surface area contributed by atoms with E-state index >= 15 is 0 Å². The summed E-state index contributed by atoms with van der Waals surface area (Å²) in [6.45, 7) is 4.05. The fourth-order valence-corrected chi connectivity index (χ4v) is 3.41. The summed E-state index contributed by atoms with van der Waals surface area (Å²) in [5, 5.41) is 3.99. The molecule has 1 unspecified atom stereocenters. The lowest BCUT2D eigenvalue weighted by Crippen LogP contribution is -2.27. The number of benzene rings is 3. The van der Waals surface area contributed by atoms with Gasteiger partial charge < -0.3 is 5.32 Å². The zero-order valence-electron chi connectivity index (χ0n) is 16.0. The molecule has 138 valence electrons. The van der Waals surface area contributed by atoms with Crippen molar-refractivity contribution in [2.75, 3.05) is 0 Å². The van der Waals surface area contributed by atoms with Crippen molar-refractivity contribution in [1.82, 2.24) is 10.3 Å². The molecule has 0 aliphatic rings. The number of rotatable bonds is 4. The third-order valence-electron chi connectivity index (χ3n) is 4.92. The third kappa shape index (κ3) is 3.65. The van der Waals surface area contributed by atoms with Crippen molar-refractivity contribution < 1.29 is 4.79 Å². The molecular weight excluding hydrogens is 344 g/mol. The van der Waals surface area contributed by atoms with E-state index in [1.54, 1.807) is 0 Å². The standard InChI is InChI=1S/C25H22N2O/c1-17-9-8-12-20(15-17)24-16-22(21-13-6-7-14-23(21)27-24)25(28)26-18(2)19-10-4-3-5-11-19/h3-16,18H,1-2H3,(H,26,28). The molecule has 0 saturated carbocycles. The molecule has 0 fully saturated rings. The molecule has 1 atom stereocenters. The Morgan fingerprint density at radius 3 is 2.43 bits per heavy atom. The number of nitrogens with one attached hydrogen (secondary N) is 1. The fourth-order valence-electron chi connectivity index (χ4n) is 3.41. The quantitative estimate of drug-likeness (QED) is 0.503. The van der Waals surface area contributed by atoms with Crippen LogP contribution in [0.3, 0.4) is 0 Å². The molecule has 0 spiro atoms. The van der Waals surface area contributed by atoms with E-state index in [1.807, 2.05) is 79.7 Å². The highest BCUT2D eigenvalue weighted by molar-refractivity contribution is 6.07. The Morgan fingerprint density at radius 2 is 1.64 bits per heavy atom. The number of aromatic nitrogens is 1. The molecule has 1 heterocycles. The minimum absolute atomic E-state index is 0.0805. The summed E-state index contributed by atoms with van der Waals surface area (Å²) in [4.78, 5) is 17.9. The van der Waals surface area contributed by atoms with Crippen molar-refractivity contribution in [1.29, 1.82) is 0 Å². The molecule has 0 aliphatic heterocycles. The second-order valence-corrected chi connectivity index (χ2v) is 7.05. The monoisotopic (exact) mass is 366 g/mol. The molecule has 28 heavy (non-hydrogen) atoms. The Morgan fingerprint density at radius 1 is 0.893 bits per heavy atom. The number of hydrogen-bond donors (Lipinski definition) is 1. The number of carbonyl (C=O) groups is 1. The van der Waals surface area contributed by atoms with Gasteiger partial charge in [-0.25, -0.2) is 4.98 Å². The molecule has 1 amide bonds. The number of para-hydroxylation sites is 1. The minimum Gasteiger partial charge on any atom is -0.345 e. The Bertz CT molecular complexity index is 1140. The van der Waals surface area contributed by atoms with Gasteiger partial charge in [0, 0.05) is 10.9 Å². The number of aryl methyl sites for hydroxylation is 1. The maximum atomic E-state index is 13.2. The molecule has 1 N–H and O–H groups in total. The number of nitrogens with zero attached hydrogens (tertiary/aromatic N) is 1. The zero-order valence-corrected chi connectivity index (χ0v) is 16.0. The van der Waals surface area contributed by atoms with Crippen molar-refractivity contribution in [3.8, 4) is 11.3 Å². The van der Waals surface area contributed by atoms with Gasteiger partial charge in [0.05, 0.1) is 22.8 Å². The summed E-state index contributed by atoms with van der Waals surface area (Å²) in [6, 6.07) is 27.8. The van der Waals surface area contributed by atoms with Gasteiger partial charge in [0.2, 0.25) is 0 Å². The predicted molar refractivity (Wildman–Crippen MR) is 114 cm³/mol. The zero-order chi connectivity index (χ0) is 19.5. The van der Waals surface area contributed by atoms with Crippen molar-refractivity contribution in [2.45, 2.75) is 19.9 Å². The van der Waals surface area contributed by atoms with Crippen LogP contribution in [-0.2, 0) is 0 Å². The normalized spacial score (nSPS) is 11.9. The number of hydrogen-bond acceptors (Lipinski definition) is 2. The van der Waals surface area contributed by atoms with Crippen LogP contribution < -0.4 is 5.32 Å². The summed E-state index contributed by atoms with van der Waals surface area (Å²) in [5.74, 6) is -0.0937. The third-order valence-corrected chi connectivity index (χ3v) is 4.92. The van der Waals surface area contributed by atoms with E-state index in [9.17, 15) is 4.79 Å². The molecule has 3 nitrogen and oxygen atoms in total. The number of pyridine rings is 1. The second-order valence-electron chi connectivity index (χ2n) is 7.05. The van der Waals surface area contributed by atoms with E-state index in [2.05, 4.69) is 24.4 Å². The summed E-state index contributed by atoms with van der Waals surface area (Å²) in [6.07, 6.45) is 0. The van der Waals surface area contributed by atoms with Crippen molar-refractivity contribution in [3.63, 3.8) is 0 Å². The lowest BCUT2D eigenvalue weighted by molar-refractivity contribution is 0.0941. The predicted octanol–water partition coefficient (Wildman–Crippen LogP) is 5.70. The van der Waals surface area contributed by atoms with Gasteiger partial charge in [-0.3, -0.25) is 4.79 Å². The van der Waals surface area contributed by atoms with Crippen LogP contribution in [-0.4, -0.2) is 10.9 Å². The first-order valence-electron chi connectivity index (χ1n) is 9.44. The van der Waals surface area contributed by atoms with Crippen LogP contribution in [0.25, 0.3) is 22.2 Å². The first-order valence-corrected chi connectivity index (χ1v) is 9.44. The maximum Gasteiger partial charge on any atom is 0.252 e. The average molecular weight is 366 g/mol. The molecule has 1 aromatic heterocycles. The summed E-state index contributed by atoms with van der Waals surface area (Å²) >= 11 is 0. The molecule has 0 bridgehead atoms. The van der Waals surface area contributed by atoms with E-state index in [4.69, 9.17) is 4.98 Å². The SMILES string of the molecule is Cc1cccc(-c2cc(C(=O)NC(C)c3ccccc3)c3ccccc3n2)c1. The first kappa shape index (κ1) is 17.9. The summed E-state index contributed by atoms with van der Waals surface area (Å²) in [5.41, 5.74) is 5.52. The maximum absolute atomic E-state index is 13.2. The Balaban J connectivity index is 1.76. The van der Waals surface area contributed by atoms with Gasteiger partial charge in [0.25, 0.3) is 5.91 Å². The highest BCUT2D eigenvalue weighted by atomic mass is 16.1. The second kappa shape index (κ2) is 7.65. The van der Waals surface area contributed by atoms with Gasteiger partial charge in [0.1, 0.15) is 0 Å². The van der Waals surface area contributed by atoms with E-state index in [1.165, 1.54) is 0 Å². The number of amides is 1. The molecule has 3 aromatic carbocycles. The van der Waals surface area contributed by atoms with Crippen molar-refractivity contribution >= 4 is 16.8 Å². The van der Waals surface area contributed by atoms with Crippen molar-refractivity contribution in [3.05, 3.63) is 102 Å². The molecular formula is C25H22N2O. The van der Waals surface area contributed by atoms with Crippen molar-refractivity contribution in [2.24, 2.45) is 0 Å². The molecule has 0 radical (unpaired) electrons. The number of fused-ring (bicyclic) bond motifs is 1. The van der Waals surface area contributed by atoms with Crippen LogP contribution in [0.4, 0.5) is 0 Å². The van der Waals surface area contributed by atoms with Crippen LogP contribution in [0, 0.1) is 6.92 Å². The van der Waals surface area contributed by atoms with Crippen LogP contribution in [0.5, 0.6) is 0 Å². The Hall–Kier alpha value is -3.46. The van der Waals surface area contributed by atoms with Gasteiger partial charge in [-0.05, 0) is 37.6 Å². The van der Waals surface area contributed by atoms with E-state index in [-0.39, 0.29) is 11.9 Å². The molecule has 0 saturated heterocycles. The van der Waals surface area contributed by atoms with Gasteiger partial charge in [-0.15, -0.1) is 0 Å². The fraction of sp³-hybridized carbons (Fsp3) is 0.120. The van der Waals surface area contributed by atoms with Crippen LogP contribution in [0.15, 0.2) is 84.9 Å². The number of carbonyl (C=O) groups excluding carboxylic acids is 1. The largest absolute Gasteiger partial charge is 0.345 e. The van der Waals surface area contributed by atoms with Gasteiger partial charge in [-0.1, -0.05) is 72.3 Å². The van der Waals surface area contributed by atoms with E-state index in [0.717, 1.165) is 33.3 Å². The van der Waals surface area contributed by atoms with E-state index in [0.29, 0.717) is 5.56 Å². The summed E-state index contributed by atoms with van der Waals surface area (Å²) < 4.78 is 0. The van der Waals surface area contributed by atoms with Gasteiger partial charge in [0.15, 0.2) is 0 Å². The minimum atomic E-state index is -0.0937. The molecule has 3 heteroatoms. The summed E-state index contributed by atoms with van der Waals surface area (Å²) in [7, 11) is 0. The van der Waals surface area contributed by atoms with Gasteiger partial charge in [-0.2, -0.15) is 0 Å². The molecule has 0 aliphatic carbocycles. The van der Waals surface area contributed by atoms with E-state index < -0.39 is 0 Å². The van der Waals surface area contributed by atoms with Gasteiger partial charge >= 0.3 is 0 Å². The topological polar surface area (TPSA) is 42.0 Å². The Labute approximate surface area is 165 Å². The van der Waals surface area contributed by atoms with Crippen LogP contribution in [0.2, 0.25) is 0 Å². The molecule has 4 aromatic rings. The lowest BCUT2D eigenvalue weighted by atomic mass is 10.0. The smallest absolute Gasteiger partial charge is 0.252 e.